The maximum absolute atomic E-state index is 6.63. The molecule has 46 heavy (non-hydrogen) atoms. The fourth-order valence-electron chi connectivity index (χ4n) is 6.39. The molecule has 8 aromatic rings. The van der Waals surface area contributed by atoms with Gasteiger partial charge in [-0.15, -0.1) is 0 Å². The van der Waals surface area contributed by atoms with Crippen molar-refractivity contribution in [2.75, 3.05) is 0 Å². The first kappa shape index (κ1) is 28.3. The molecule has 8 rings (SSSR count). The van der Waals surface area contributed by atoms with Crippen LogP contribution in [0.2, 0.25) is 0 Å². The van der Waals surface area contributed by atoms with Crippen molar-refractivity contribution in [3.8, 4) is 23.0 Å². The van der Waals surface area contributed by atoms with Gasteiger partial charge in [0.15, 0.2) is 5.58 Å². The van der Waals surface area contributed by atoms with Crippen molar-refractivity contribution in [2.45, 2.75) is 59.3 Å². The molecular formula is C41H36N2O3. The molecule has 0 radical (unpaired) electrons. The number of aryl methyl sites for hydroxylation is 1. The Hall–Kier alpha value is -5.16. The van der Waals surface area contributed by atoms with Gasteiger partial charge < -0.3 is 13.6 Å². The van der Waals surface area contributed by atoms with Gasteiger partial charge in [0.25, 0.3) is 0 Å². The van der Waals surface area contributed by atoms with Gasteiger partial charge in [-0.3, -0.25) is 0 Å². The molecule has 0 atom stereocenters. The molecule has 0 bridgehead atoms. The fraction of sp³-hybridized carbons (Fsp3) is 0.220. The van der Waals surface area contributed by atoms with Crippen LogP contribution in [0.5, 0.6) is 11.8 Å². The van der Waals surface area contributed by atoms with E-state index in [0.717, 1.165) is 71.6 Å². The predicted octanol–water partition coefficient (Wildman–Crippen LogP) is 11.8. The normalized spacial score (nSPS) is 12.7. The molecule has 0 fully saturated rings. The summed E-state index contributed by atoms with van der Waals surface area (Å²) in [6, 6.07) is 31.2. The van der Waals surface area contributed by atoms with E-state index in [2.05, 4.69) is 90.1 Å². The summed E-state index contributed by atoms with van der Waals surface area (Å²) >= 11 is 0. The third-order valence-corrected chi connectivity index (χ3v) is 8.96. The number of ether oxygens (including phenoxy) is 1. The van der Waals surface area contributed by atoms with Crippen LogP contribution >= 0.6 is 0 Å². The van der Waals surface area contributed by atoms with E-state index in [1.165, 1.54) is 5.56 Å². The summed E-state index contributed by atoms with van der Waals surface area (Å²) in [5.41, 5.74) is 8.96. The van der Waals surface area contributed by atoms with E-state index in [9.17, 15) is 0 Å². The van der Waals surface area contributed by atoms with Crippen molar-refractivity contribution in [1.82, 2.24) is 9.97 Å². The Morgan fingerprint density at radius 2 is 1.28 bits per heavy atom. The monoisotopic (exact) mass is 604 g/mol. The number of benzene rings is 4. The average molecular weight is 605 g/mol. The summed E-state index contributed by atoms with van der Waals surface area (Å²) in [4.78, 5) is 10.1. The second-order valence-corrected chi connectivity index (χ2v) is 14.4. The first-order chi connectivity index (χ1) is 21.9. The molecule has 0 saturated heterocycles. The molecule has 228 valence electrons. The highest BCUT2D eigenvalue weighted by Gasteiger charge is 2.22. The Labute approximate surface area is 267 Å². The SMILES string of the molecule is Cc1cc(Oc2cc(C(C)(C)C)cc(-c3cccc(C(C)(C)C)c3)n2)nc2c1oc1cccc3oc4c5ccccc5cc2c4c13. The standard InChI is InChI=1S/C41H36N2O3/c1-23-18-33(46-34-22-27(41(5,6)7)21-30(42-34)25-13-10-14-26(19-25)40(2,3)4)43-37-29-20-24-12-8-9-15-28(24)39-35(29)36-31(44-38(23)37)16-11-17-32(36)45-39/h8-22H,1-7H3. The molecule has 4 heterocycles. The highest BCUT2D eigenvalue weighted by atomic mass is 16.5. The Bertz CT molecular complexity index is 2490. The zero-order valence-electron chi connectivity index (χ0n) is 27.3. The fourth-order valence-corrected chi connectivity index (χ4v) is 6.39. The van der Waals surface area contributed by atoms with Gasteiger partial charge in [-0.1, -0.05) is 90.1 Å². The predicted molar refractivity (Wildman–Crippen MR) is 188 cm³/mol. The van der Waals surface area contributed by atoms with Gasteiger partial charge in [0.2, 0.25) is 11.8 Å². The van der Waals surface area contributed by atoms with E-state index in [1.807, 2.05) is 49.4 Å². The van der Waals surface area contributed by atoms with Gasteiger partial charge >= 0.3 is 0 Å². The number of pyridine rings is 2. The van der Waals surface area contributed by atoms with Gasteiger partial charge in [-0.2, -0.15) is 0 Å². The van der Waals surface area contributed by atoms with Crippen molar-refractivity contribution in [3.63, 3.8) is 0 Å². The van der Waals surface area contributed by atoms with E-state index in [1.54, 1.807) is 0 Å². The van der Waals surface area contributed by atoms with Gasteiger partial charge in [0.05, 0.1) is 11.1 Å². The van der Waals surface area contributed by atoms with Crippen molar-refractivity contribution < 1.29 is 13.6 Å². The molecule has 0 aliphatic carbocycles. The third kappa shape index (κ3) is 4.61. The molecule has 0 amide bonds. The number of hydrogen-bond acceptors (Lipinski definition) is 5. The Morgan fingerprint density at radius 3 is 2.04 bits per heavy atom. The number of rotatable bonds is 3. The maximum atomic E-state index is 6.63. The zero-order valence-corrected chi connectivity index (χ0v) is 27.3. The Balaban J connectivity index is 1.35. The second-order valence-electron chi connectivity index (χ2n) is 14.4. The summed E-state index contributed by atoms with van der Waals surface area (Å²) < 4.78 is 19.7. The topological polar surface area (TPSA) is 61.3 Å². The van der Waals surface area contributed by atoms with E-state index < -0.39 is 0 Å². The minimum Gasteiger partial charge on any atom is -0.455 e. The van der Waals surface area contributed by atoms with Crippen molar-refractivity contribution in [2.24, 2.45) is 0 Å². The van der Waals surface area contributed by atoms with Crippen LogP contribution in [-0.4, -0.2) is 9.97 Å². The lowest BCUT2D eigenvalue weighted by Crippen LogP contribution is -2.12. The number of fused-ring (bicyclic) bond motifs is 4. The third-order valence-electron chi connectivity index (χ3n) is 8.96. The minimum atomic E-state index is -0.114. The molecule has 4 aromatic carbocycles. The van der Waals surface area contributed by atoms with Crippen LogP contribution in [0.15, 0.2) is 99.8 Å². The lowest BCUT2D eigenvalue weighted by molar-refractivity contribution is 0.443. The van der Waals surface area contributed by atoms with Crippen LogP contribution in [-0.2, 0) is 10.8 Å². The minimum absolute atomic E-state index is 0.0245. The smallest absolute Gasteiger partial charge is 0.222 e. The summed E-state index contributed by atoms with van der Waals surface area (Å²) in [5, 5.41) is 5.05. The van der Waals surface area contributed by atoms with Gasteiger partial charge in [0, 0.05) is 33.9 Å². The van der Waals surface area contributed by atoms with E-state index in [4.69, 9.17) is 23.5 Å². The summed E-state index contributed by atoms with van der Waals surface area (Å²) in [7, 11) is 0. The van der Waals surface area contributed by atoms with Gasteiger partial charge in [-0.05, 0) is 70.2 Å². The number of nitrogens with zero attached hydrogens (tertiary/aromatic N) is 2. The molecule has 4 aromatic heterocycles. The highest BCUT2D eigenvalue weighted by Crippen LogP contribution is 2.43. The molecule has 0 aliphatic rings. The van der Waals surface area contributed by atoms with Gasteiger partial charge in [-0.25, -0.2) is 9.97 Å². The summed E-state index contributed by atoms with van der Waals surface area (Å²) in [5.74, 6) is 0.961. The van der Waals surface area contributed by atoms with Crippen LogP contribution in [0.4, 0.5) is 0 Å². The maximum Gasteiger partial charge on any atom is 0.222 e. The van der Waals surface area contributed by atoms with Crippen molar-refractivity contribution in [1.29, 1.82) is 0 Å². The number of furan rings is 1. The molecule has 0 unspecified atom stereocenters. The largest absolute Gasteiger partial charge is 0.455 e. The van der Waals surface area contributed by atoms with Crippen LogP contribution < -0.4 is 4.74 Å². The quantitative estimate of drug-likeness (QED) is 0.201. The van der Waals surface area contributed by atoms with Crippen molar-refractivity contribution in [3.05, 3.63) is 108 Å². The molecule has 5 nitrogen and oxygen atoms in total. The molecule has 5 heteroatoms. The molecule has 0 spiro atoms. The first-order valence-electron chi connectivity index (χ1n) is 15.8. The average Bonchev–Trinajstić information content (AvgIpc) is 3.35. The Kier molecular flexibility index (Phi) is 6.11. The molecule has 0 N–H and O–H groups in total. The lowest BCUT2D eigenvalue weighted by Gasteiger charge is -2.22. The van der Waals surface area contributed by atoms with Crippen LogP contribution in [0.1, 0.15) is 58.2 Å². The first-order valence-corrected chi connectivity index (χ1v) is 15.8. The van der Waals surface area contributed by atoms with Crippen LogP contribution in [0.3, 0.4) is 0 Å². The lowest BCUT2D eigenvalue weighted by atomic mass is 9.84. The molecule has 0 aliphatic heterocycles. The summed E-state index contributed by atoms with van der Waals surface area (Å²) in [6.45, 7) is 15.3. The number of aromatic nitrogens is 2. The van der Waals surface area contributed by atoms with E-state index >= 15 is 0 Å². The Morgan fingerprint density at radius 1 is 0.587 bits per heavy atom. The highest BCUT2D eigenvalue weighted by molar-refractivity contribution is 6.29. The van der Waals surface area contributed by atoms with Crippen molar-refractivity contribution >= 4 is 54.8 Å². The summed E-state index contributed by atoms with van der Waals surface area (Å²) in [6.07, 6.45) is 0. The van der Waals surface area contributed by atoms with Crippen LogP contribution in [0, 0.1) is 6.92 Å². The van der Waals surface area contributed by atoms with Gasteiger partial charge in [0.1, 0.15) is 22.3 Å². The zero-order chi connectivity index (χ0) is 32.0. The van der Waals surface area contributed by atoms with Crippen LogP contribution in [0.25, 0.3) is 66.0 Å². The number of hydrogen-bond donors (Lipinski definition) is 0. The van der Waals surface area contributed by atoms with E-state index in [0.29, 0.717) is 17.3 Å². The van der Waals surface area contributed by atoms with E-state index in [-0.39, 0.29) is 10.8 Å². The molecular weight excluding hydrogens is 568 g/mol. The molecule has 0 saturated carbocycles. The second kappa shape index (κ2) is 9.92.